The van der Waals surface area contributed by atoms with E-state index < -0.39 is 10.0 Å². The molecule has 0 saturated carbocycles. The van der Waals surface area contributed by atoms with Crippen LogP contribution in [0.2, 0.25) is 0 Å². The van der Waals surface area contributed by atoms with Crippen molar-refractivity contribution < 1.29 is 13.2 Å². The maximum absolute atomic E-state index is 12.4. The summed E-state index contributed by atoms with van der Waals surface area (Å²) in [6, 6.07) is 6.60. The van der Waals surface area contributed by atoms with Gasteiger partial charge in [0.1, 0.15) is 0 Å². The van der Waals surface area contributed by atoms with Crippen LogP contribution in [0.5, 0.6) is 0 Å². The summed E-state index contributed by atoms with van der Waals surface area (Å²) in [5.41, 5.74) is 0.905. The molecule has 1 saturated heterocycles. The van der Waals surface area contributed by atoms with Gasteiger partial charge in [-0.3, -0.25) is 0 Å². The van der Waals surface area contributed by atoms with Crippen molar-refractivity contribution in [2.75, 3.05) is 20.3 Å². The Morgan fingerprint density at radius 2 is 2.06 bits per heavy atom. The fourth-order valence-corrected chi connectivity index (χ4v) is 3.47. The van der Waals surface area contributed by atoms with Gasteiger partial charge in [0.25, 0.3) is 0 Å². The maximum Gasteiger partial charge on any atom is 0.243 e. The van der Waals surface area contributed by atoms with Crippen molar-refractivity contribution in [3.63, 3.8) is 0 Å². The van der Waals surface area contributed by atoms with E-state index in [-0.39, 0.29) is 6.04 Å². The Hall–Kier alpha value is -0.620. The first-order valence-electron chi connectivity index (χ1n) is 5.76. The molecule has 1 unspecified atom stereocenters. The van der Waals surface area contributed by atoms with Crippen molar-refractivity contribution in [2.45, 2.75) is 23.2 Å². The Bertz CT molecular complexity index is 495. The van der Waals surface area contributed by atoms with Crippen LogP contribution >= 0.6 is 11.6 Å². The number of nitrogens with zero attached hydrogens (tertiary/aromatic N) is 1. The minimum absolute atomic E-state index is 0.0669. The molecule has 0 aromatic heterocycles. The molecule has 0 amide bonds. The zero-order valence-corrected chi connectivity index (χ0v) is 11.7. The highest BCUT2D eigenvalue weighted by atomic mass is 35.5. The molecule has 0 N–H and O–H groups in total. The number of alkyl halides is 1. The fraction of sp³-hybridized carbons (Fsp3) is 0.500. The van der Waals surface area contributed by atoms with E-state index in [4.69, 9.17) is 16.3 Å². The number of sulfonamides is 1. The van der Waals surface area contributed by atoms with Gasteiger partial charge in [0.15, 0.2) is 0 Å². The third kappa shape index (κ3) is 2.69. The van der Waals surface area contributed by atoms with Gasteiger partial charge in [-0.1, -0.05) is 12.1 Å². The van der Waals surface area contributed by atoms with Gasteiger partial charge in [-0.15, -0.1) is 11.6 Å². The lowest BCUT2D eigenvalue weighted by Gasteiger charge is -2.22. The van der Waals surface area contributed by atoms with Gasteiger partial charge in [0.05, 0.1) is 17.5 Å². The van der Waals surface area contributed by atoms with Crippen LogP contribution in [-0.2, 0) is 20.6 Å². The Kier molecular flexibility index (Phi) is 4.27. The summed E-state index contributed by atoms with van der Waals surface area (Å²) >= 11 is 5.68. The summed E-state index contributed by atoms with van der Waals surface area (Å²) in [5.74, 6) is 0.382. The molecule has 6 heteroatoms. The van der Waals surface area contributed by atoms with Gasteiger partial charge in [-0.05, 0) is 24.1 Å². The summed E-state index contributed by atoms with van der Waals surface area (Å²) in [7, 11) is -1.84. The normalized spacial score (nSPS) is 20.5. The largest absolute Gasteiger partial charge is 0.380 e. The second kappa shape index (κ2) is 5.57. The molecular weight excluding hydrogens is 274 g/mol. The van der Waals surface area contributed by atoms with E-state index >= 15 is 0 Å². The second-order valence-electron chi connectivity index (χ2n) is 4.32. The lowest BCUT2D eigenvalue weighted by Crippen LogP contribution is -2.37. The Morgan fingerprint density at radius 1 is 1.39 bits per heavy atom. The Balaban J connectivity index is 2.23. The first-order valence-corrected chi connectivity index (χ1v) is 7.74. The van der Waals surface area contributed by atoms with Crippen LogP contribution in [0.25, 0.3) is 0 Å². The molecule has 2 rings (SSSR count). The molecular formula is C12H16ClNO3S. The summed E-state index contributed by atoms with van der Waals surface area (Å²) in [6.45, 7) is 1.09. The van der Waals surface area contributed by atoms with E-state index in [2.05, 4.69) is 0 Å². The maximum atomic E-state index is 12.4. The SMILES string of the molecule is CN(C1CCOC1)S(=O)(=O)c1ccc(CCl)cc1. The quantitative estimate of drug-likeness (QED) is 0.795. The Morgan fingerprint density at radius 3 is 2.56 bits per heavy atom. The molecule has 4 nitrogen and oxygen atoms in total. The topological polar surface area (TPSA) is 46.6 Å². The predicted octanol–water partition coefficient (Wildman–Crippen LogP) is 1.83. The molecule has 1 aromatic carbocycles. The van der Waals surface area contributed by atoms with Gasteiger partial charge in [0.2, 0.25) is 10.0 Å². The van der Waals surface area contributed by atoms with E-state index in [1.54, 1.807) is 31.3 Å². The smallest absolute Gasteiger partial charge is 0.243 e. The summed E-state index contributed by atoms with van der Waals surface area (Å²) in [4.78, 5) is 0.297. The van der Waals surface area contributed by atoms with Crippen molar-refractivity contribution in [1.82, 2.24) is 4.31 Å². The molecule has 1 aromatic rings. The van der Waals surface area contributed by atoms with Gasteiger partial charge >= 0.3 is 0 Å². The molecule has 0 radical (unpaired) electrons. The van der Waals surface area contributed by atoms with Crippen LogP contribution in [0, 0.1) is 0 Å². The monoisotopic (exact) mass is 289 g/mol. The van der Waals surface area contributed by atoms with Gasteiger partial charge in [-0.25, -0.2) is 8.42 Å². The van der Waals surface area contributed by atoms with Gasteiger partial charge in [0, 0.05) is 19.5 Å². The molecule has 1 aliphatic rings. The number of likely N-dealkylation sites (N-methyl/N-ethyl adjacent to an activating group) is 1. The molecule has 100 valence electrons. The summed E-state index contributed by atoms with van der Waals surface area (Å²) in [6.07, 6.45) is 0.746. The van der Waals surface area contributed by atoms with E-state index in [1.165, 1.54) is 4.31 Å². The third-order valence-corrected chi connectivity index (χ3v) is 5.41. The average Bonchev–Trinajstić information content (AvgIpc) is 2.91. The molecule has 1 atom stereocenters. The number of ether oxygens (including phenoxy) is 1. The highest BCUT2D eigenvalue weighted by molar-refractivity contribution is 7.89. The molecule has 18 heavy (non-hydrogen) atoms. The summed E-state index contributed by atoms with van der Waals surface area (Å²) in [5, 5.41) is 0. The van der Waals surface area contributed by atoms with Crippen LogP contribution in [0.4, 0.5) is 0 Å². The molecule has 0 aliphatic carbocycles. The van der Waals surface area contributed by atoms with Crippen LogP contribution in [-0.4, -0.2) is 39.0 Å². The van der Waals surface area contributed by atoms with E-state index in [1.807, 2.05) is 0 Å². The molecule has 0 bridgehead atoms. The zero-order valence-electron chi connectivity index (χ0n) is 10.2. The second-order valence-corrected chi connectivity index (χ2v) is 6.58. The van der Waals surface area contributed by atoms with Crippen LogP contribution in [0.3, 0.4) is 0 Å². The van der Waals surface area contributed by atoms with Crippen LogP contribution in [0.15, 0.2) is 29.2 Å². The number of hydrogen-bond acceptors (Lipinski definition) is 3. The van der Waals surface area contributed by atoms with Crippen molar-refractivity contribution in [3.8, 4) is 0 Å². The Labute approximate surface area is 113 Å². The highest BCUT2D eigenvalue weighted by Gasteiger charge is 2.30. The first kappa shape index (κ1) is 13.8. The number of halogens is 1. The number of hydrogen-bond donors (Lipinski definition) is 0. The first-order chi connectivity index (χ1) is 8.55. The standard InChI is InChI=1S/C12H16ClNO3S/c1-14(11-6-7-17-9-11)18(15,16)12-4-2-10(8-13)3-5-12/h2-5,11H,6-9H2,1H3. The fourth-order valence-electron chi connectivity index (χ4n) is 1.92. The van der Waals surface area contributed by atoms with Crippen LogP contribution in [0.1, 0.15) is 12.0 Å². The minimum Gasteiger partial charge on any atom is -0.380 e. The number of rotatable bonds is 4. The van der Waals surface area contributed by atoms with Crippen molar-refractivity contribution in [3.05, 3.63) is 29.8 Å². The van der Waals surface area contributed by atoms with Crippen molar-refractivity contribution in [1.29, 1.82) is 0 Å². The van der Waals surface area contributed by atoms with Gasteiger partial charge in [-0.2, -0.15) is 4.31 Å². The number of benzene rings is 1. The molecule has 1 fully saturated rings. The molecule has 1 aliphatic heterocycles. The van der Waals surface area contributed by atoms with E-state index in [0.29, 0.717) is 24.0 Å². The minimum atomic E-state index is -3.44. The lowest BCUT2D eigenvalue weighted by molar-refractivity contribution is 0.181. The third-order valence-electron chi connectivity index (χ3n) is 3.17. The summed E-state index contributed by atoms with van der Waals surface area (Å²) < 4.78 is 31.3. The molecule has 0 spiro atoms. The predicted molar refractivity (Wildman–Crippen MR) is 70.2 cm³/mol. The van der Waals surface area contributed by atoms with Crippen LogP contribution < -0.4 is 0 Å². The van der Waals surface area contributed by atoms with E-state index in [0.717, 1.165) is 12.0 Å². The lowest BCUT2D eigenvalue weighted by atomic mass is 10.2. The van der Waals surface area contributed by atoms with Gasteiger partial charge < -0.3 is 4.74 Å². The van der Waals surface area contributed by atoms with Crippen molar-refractivity contribution >= 4 is 21.6 Å². The van der Waals surface area contributed by atoms with E-state index in [9.17, 15) is 8.42 Å². The highest BCUT2D eigenvalue weighted by Crippen LogP contribution is 2.21. The average molecular weight is 290 g/mol. The molecule has 1 heterocycles. The zero-order chi connectivity index (χ0) is 13.2. The van der Waals surface area contributed by atoms with Crippen molar-refractivity contribution in [2.24, 2.45) is 0 Å².